The maximum Gasteiger partial charge on any atom is 0.227 e. The lowest BCUT2D eigenvalue weighted by atomic mass is 10.4. The van der Waals surface area contributed by atoms with Gasteiger partial charge in [0.15, 0.2) is 5.82 Å². The number of H-pyrrole nitrogens is 1. The highest BCUT2D eigenvalue weighted by atomic mass is 32.2. The molecule has 1 rings (SSSR count). The molecule has 0 atom stereocenters. The van der Waals surface area contributed by atoms with E-state index >= 15 is 0 Å². The second-order valence-corrected chi connectivity index (χ2v) is 4.36. The van der Waals surface area contributed by atoms with Crippen LogP contribution in [-0.2, 0) is 9.59 Å². The predicted molar refractivity (Wildman–Crippen MR) is 63.1 cm³/mol. The molecule has 16 heavy (non-hydrogen) atoms. The number of anilines is 1. The summed E-state index contributed by atoms with van der Waals surface area (Å²) in [5, 5.41) is 9.24. The van der Waals surface area contributed by atoms with Crippen LogP contribution < -0.4 is 11.1 Å². The average Bonchev–Trinajstić information content (AvgIpc) is 2.58. The molecule has 1 aromatic rings. The number of rotatable bonds is 6. The van der Waals surface area contributed by atoms with Gasteiger partial charge in [0.05, 0.1) is 5.75 Å². The zero-order chi connectivity index (χ0) is 12.0. The van der Waals surface area contributed by atoms with Gasteiger partial charge in [0.25, 0.3) is 0 Å². The third kappa shape index (κ3) is 4.83. The Balaban J connectivity index is 2.18. The van der Waals surface area contributed by atoms with Crippen molar-refractivity contribution in [2.75, 3.05) is 16.8 Å². The van der Waals surface area contributed by atoms with E-state index in [9.17, 15) is 9.59 Å². The summed E-state index contributed by atoms with van der Waals surface area (Å²) in [5.41, 5.74) is 5.85. The van der Waals surface area contributed by atoms with E-state index in [0.717, 1.165) is 5.69 Å². The van der Waals surface area contributed by atoms with E-state index in [4.69, 9.17) is 5.73 Å². The van der Waals surface area contributed by atoms with Gasteiger partial charge in [0.2, 0.25) is 11.8 Å². The summed E-state index contributed by atoms with van der Waals surface area (Å²) in [6.07, 6.45) is 0.337. The van der Waals surface area contributed by atoms with Crippen LogP contribution in [0.15, 0.2) is 6.07 Å². The normalized spacial score (nSPS) is 10.1. The van der Waals surface area contributed by atoms with Gasteiger partial charge in [0.1, 0.15) is 0 Å². The number of hydrogen-bond donors (Lipinski definition) is 3. The highest BCUT2D eigenvalue weighted by Crippen LogP contribution is 2.06. The minimum Gasteiger partial charge on any atom is -0.369 e. The van der Waals surface area contributed by atoms with Gasteiger partial charge >= 0.3 is 0 Å². The minimum atomic E-state index is -0.367. The molecule has 6 nitrogen and oxygen atoms in total. The Kier molecular flexibility index (Phi) is 4.84. The van der Waals surface area contributed by atoms with E-state index in [1.165, 1.54) is 11.8 Å². The number of nitrogens with zero attached hydrogens (tertiary/aromatic N) is 1. The van der Waals surface area contributed by atoms with E-state index in [0.29, 0.717) is 18.0 Å². The third-order valence-corrected chi connectivity index (χ3v) is 2.67. The molecule has 0 radical (unpaired) electrons. The molecule has 0 fully saturated rings. The van der Waals surface area contributed by atoms with Crippen molar-refractivity contribution in [3.63, 3.8) is 0 Å². The summed E-state index contributed by atoms with van der Waals surface area (Å²) in [6.45, 7) is 1.85. The highest BCUT2D eigenvalue weighted by Gasteiger charge is 2.05. The Morgan fingerprint density at radius 2 is 2.38 bits per heavy atom. The summed E-state index contributed by atoms with van der Waals surface area (Å²) in [4.78, 5) is 21.8. The van der Waals surface area contributed by atoms with Crippen molar-refractivity contribution in [1.29, 1.82) is 0 Å². The number of nitrogens with one attached hydrogen (secondary N) is 2. The Labute approximate surface area is 97.4 Å². The van der Waals surface area contributed by atoms with Gasteiger partial charge < -0.3 is 11.1 Å². The van der Waals surface area contributed by atoms with Crippen LogP contribution in [0.1, 0.15) is 12.1 Å². The van der Waals surface area contributed by atoms with Gasteiger partial charge in [-0.15, -0.1) is 0 Å². The van der Waals surface area contributed by atoms with Crippen LogP contribution in [-0.4, -0.2) is 33.5 Å². The number of carbonyl (C=O) groups excluding carboxylic acids is 2. The monoisotopic (exact) mass is 242 g/mol. The van der Waals surface area contributed by atoms with Crippen LogP contribution in [0, 0.1) is 6.92 Å². The molecular formula is C9H14N4O2S. The van der Waals surface area contributed by atoms with Crippen LogP contribution in [0.2, 0.25) is 0 Å². The van der Waals surface area contributed by atoms with Crippen LogP contribution >= 0.6 is 11.8 Å². The number of thioether (sulfide) groups is 1. The van der Waals surface area contributed by atoms with Gasteiger partial charge in [0, 0.05) is 23.9 Å². The first kappa shape index (κ1) is 12.6. The Hall–Kier alpha value is -1.50. The molecule has 0 saturated heterocycles. The fourth-order valence-electron chi connectivity index (χ4n) is 1.03. The largest absolute Gasteiger partial charge is 0.369 e. The van der Waals surface area contributed by atoms with Crippen molar-refractivity contribution in [2.24, 2.45) is 5.73 Å². The van der Waals surface area contributed by atoms with E-state index in [2.05, 4.69) is 15.5 Å². The molecular weight excluding hydrogens is 228 g/mol. The van der Waals surface area contributed by atoms with Crippen molar-refractivity contribution in [3.05, 3.63) is 11.8 Å². The molecule has 88 valence electrons. The topological polar surface area (TPSA) is 101 Å². The summed E-state index contributed by atoms with van der Waals surface area (Å²) >= 11 is 1.34. The lowest BCUT2D eigenvalue weighted by Crippen LogP contribution is -2.15. The van der Waals surface area contributed by atoms with Crippen molar-refractivity contribution in [3.8, 4) is 0 Å². The SMILES string of the molecule is Cc1cc(NC(=O)CCSCC(N)=O)n[nH]1. The standard InChI is InChI=1S/C9H14N4O2S/c1-6-4-8(13-12-6)11-9(15)2-3-16-5-7(10)14/h4H,2-3,5H2,1H3,(H2,10,14)(H2,11,12,13,15). The fraction of sp³-hybridized carbons (Fsp3) is 0.444. The van der Waals surface area contributed by atoms with E-state index in [1.807, 2.05) is 6.92 Å². The van der Waals surface area contributed by atoms with E-state index in [-0.39, 0.29) is 17.6 Å². The smallest absolute Gasteiger partial charge is 0.227 e. The maximum absolute atomic E-state index is 11.4. The molecule has 1 aromatic heterocycles. The summed E-state index contributed by atoms with van der Waals surface area (Å²) in [7, 11) is 0. The van der Waals surface area contributed by atoms with Gasteiger partial charge in [-0.25, -0.2) is 0 Å². The number of aromatic amines is 1. The van der Waals surface area contributed by atoms with Crippen LogP contribution in [0.4, 0.5) is 5.82 Å². The molecule has 0 aromatic carbocycles. The Morgan fingerprint density at radius 3 is 2.94 bits per heavy atom. The van der Waals surface area contributed by atoms with Gasteiger partial charge in [-0.05, 0) is 6.92 Å². The molecule has 0 saturated carbocycles. The van der Waals surface area contributed by atoms with Gasteiger partial charge in [-0.3, -0.25) is 14.7 Å². The highest BCUT2D eigenvalue weighted by molar-refractivity contribution is 7.99. The third-order valence-electron chi connectivity index (χ3n) is 1.69. The van der Waals surface area contributed by atoms with Crippen molar-refractivity contribution in [1.82, 2.24) is 10.2 Å². The summed E-state index contributed by atoms with van der Waals surface area (Å²) in [6, 6.07) is 1.74. The number of amides is 2. The average molecular weight is 242 g/mol. The second kappa shape index (κ2) is 6.16. The number of hydrogen-bond acceptors (Lipinski definition) is 4. The van der Waals surface area contributed by atoms with Crippen LogP contribution in [0.5, 0.6) is 0 Å². The number of carbonyl (C=O) groups is 2. The molecule has 7 heteroatoms. The molecule has 0 bridgehead atoms. The first-order valence-corrected chi connectivity index (χ1v) is 5.91. The fourth-order valence-corrected chi connectivity index (χ4v) is 1.70. The molecule has 2 amide bonds. The molecule has 0 aliphatic rings. The summed E-state index contributed by atoms with van der Waals surface area (Å²) < 4.78 is 0. The van der Waals surface area contributed by atoms with Crippen LogP contribution in [0.25, 0.3) is 0 Å². The first-order valence-electron chi connectivity index (χ1n) is 4.76. The molecule has 1 heterocycles. The number of nitrogens with two attached hydrogens (primary N) is 1. The Bertz CT molecular complexity index is 377. The van der Waals surface area contributed by atoms with E-state index < -0.39 is 0 Å². The van der Waals surface area contributed by atoms with Crippen LogP contribution in [0.3, 0.4) is 0 Å². The number of aryl methyl sites for hydroxylation is 1. The second-order valence-electron chi connectivity index (χ2n) is 3.25. The summed E-state index contributed by atoms with van der Waals surface area (Å²) in [5.74, 6) is 0.840. The van der Waals surface area contributed by atoms with Crippen molar-refractivity contribution in [2.45, 2.75) is 13.3 Å². The minimum absolute atomic E-state index is 0.122. The predicted octanol–water partition coefficient (Wildman–Crippen LogP) is 0.265. The van der Waals surface area contributed by atoms with Gasteiger partial charge in [-0.2, -0.15) is 16.9 Å². The number of aromatic nitrogens is 2. The lowest BCUT2D eigenvalue weighted by Gasteiger charge is -2.00. The van der Waals surface area contributed by atoms with E-state index in [1.54, 1.807) is 6.07 Å². The van der Waals surface area contributed by atoms with Crippen molar-refractivity contribution >= 4 is 29.4 Å². The lowest BCUT2D eigenvalue weighted by molar-refractivity contribution is -0.116. The molecule has 0 aliphatic carbocycles. The van der Waals surface area contributed by atoms with Gasteiger partial charge in [-0.1, -0.05) is 0 Å². The zero-order valence-corrected chi connectivity index (χ0v) is 9.76. The Morgan fingerprint density at radius 1 is 1.62 bits per heavy atom. The number of primary amides is 1. The molecule has 0 unspecified atom stereocenters. The maximum atomic E-state index is 11.4. The van der Waals surface area contributed by atoms with Crippen molar-refractivity contribution < 1.29 is 9.59 Å². The quantitative estimate of drug-likeness (QED) is 0.623. The molecule has 0 spiro atoms. The zero-order valence-electron chi connectivity index (χ0n) is 8.95. The molecule has 4 N–H and O–H groups in total. The molecule has 0 aliphatic heterocycles. The first-order chi connectivity index (χ1) is 7.58.